The van der Waals surface area contributed by atoms with Crippen LogP contribution in [-0.2, 0) is 16.1 Å². The Kier molecular flexibility index (Phi) is 3.41. The number of hydrogen-bond acceptors (Lipinski definition) is 4. The number of amides is 2. The molecule has 0 aliphatic carbocycles. The first-order chi connectivity index (χ1) is 7.58. The zero-order valence-electron chi connectivity index (χ0n) is 8.70. The summed E-state index contributed by atoms with van der Waals surface area (Å²) in [6.45, 7) is 0.619. The van der Waals surface area contributed by atoms with Gasteiger partial charge in [0, 0.05) is 28.3 Å². The van der Waals surface area contributed by atoms with Gasteiger partial charge in [-0.3, -0.25) is 14.5 Å². The van der Waals surface area contributed by atoms with E-state index in [1.54, 1.807) is 11.3 Å². The molecule has 1 aromatic rings. The molecule has 1 atom stereocenters. The van der Waals surface area contributed by atoms with Crippen LogP contribution in [0.3, 0.4) is 0 Å². The number of rotatable bonds is 3. The van der Waals surface area contributed by atoms with Crippen LogP contribution in [0.5, 0.6) is 0 Å². The Labute approximate surface area is 106 Å². The van der Waals surface area contributed by atoms with E-state index in [0.717, 1.165) is 9.35 Å². The monoisotopic (exact) mass is 302 g/mol. The predicted octanol–water partition coefficient (Wildman–Crippen LogP) is 1.36. The molecular weight excluding hydrogens is 292 g/mol. The molecule has 0 bridgehead atoms. The molecule has 0 radical (unpaired) electrons. The number of imide groups is 1. The quantitative estimate of drug-likeness (QED) is 0.858. The number of nitrogens with zero attached hydrogens (tertiary/aromatic N) is 1. The van der Waals surface area contributed by atoms with Crippen molar-refractivity contribution in [3.63, 3.8) is 0 Å². The number of carbonyl (C=O) groups is 2. The van der Waals surface area contributed by atoms with Gasteiger partial charge in [0.25, 0.3) is 0 Å². The third kappa shape index (κ3) is 2.34. The average Bonchev–Trinajstić information content (AvgIpc) is 2.76. The first kappa shape index (κ1) is 11.8. The van der Waals surface area contributed by atoms with Crippen LogP contribution in [0.15, 0.2) is 15.9 Å². The van der Waals surface area contributed by atoms with Crippen LogP contribution in [0.4, 0.5) is 0 Å². The highest BCUT2D eigenvalue weighted by molar-refractivity contribution is 9.10. The van der Waals surface area contributed by atoms with Gasteiger partial charge < -0.3 is 5.32 Å². The maximum Gasteiger partial charge on any atom is 0.246 e. The van der Waals surface area contributed by atoms with Crippen molar-refractivity contribution in [2.75, 3.05) is 7.05 Å². The van der Waals surface area contributed by atoms with Crippen LogP contribution >= 0.6 is 27.3 Å². The van der Waals surface area contributed by atoms with Gasteiger partial charge in [-0.2, -0.15) is 0 Å². The summed E-state index contributed by atoms with van der Waals surface area (Å²) in [5.74, 6) is -0.254. The molecule has 0 saturated carbocycles. The highest BCUT2D eigenvalue weighted by atomic mass is 79.9. The van der Waals surface area contributed by atoms with Crippen molar-refractivity contribution in [2.24, 2.45) is 0 Å². The molecule has 2 rings (SSSR count). The summed E-state index contributed by atoms with van der Waals surface area (Å²) >= 11 is 4.99. The molecule has 4 nitrogen and oxygen atoms in total. The van der Waals surface area contributed by atoms with Crippen molar-refractivity contribution in [2.45, 2.75) is 19.0 Å². The molecule has 1 unspecified atom stereocenters. The lowest BCUT2D eigenvalue weighted by atomic mass is 10.2. The highest BCUT2D eigenvalue weighted by Crippen LogP contribution is 2.20. The first-order valence-corrected chi connectivity index (χ1v) is 6.52. The molecule has 16 heavy (non-hydrogen) atoms. The van der Waals surface area contributed by atoms with E-state index in [4.69, 9.17) is 0 Å². The van der Waals surface area contributed by atoms with E-state index in [-0.39, 0.29) is 24.3 Å². The van der Waals surface area contributed by atoms with Gasteiger partial charge in [0.2, 0.25) is 11.8 Å². The number of thiophene rings is 1. The summed E-state index contributed by atoms with van der Waals surface area (Å²) in [4.78, 5) is 25.2. The molecule has 1 aliphatic rings. The summed E-state index contributed by atoms with van der Waals surface area (Å²) in [5.41, 5.74) is 0. The summed E-state index contributed by atoms with van der Waals surface area (Å²) in [5, 5.41) is 5.09. The average molecular weight is 303 g/mol. The lowest BCUT2D eigenvalue weighted by molar-refractivity contribution is -0.137. The number of nitrogens with one attached hydrogen (secondary N) is 1. The molecule has 2 amide bonds. The highest BCUT2D eigenvalue weighted by Gasteiger charge is 2.35. The Balaban J connectivity index is 1.92. The van der Waals surface area contributed by atoms with E-state index in [1.807, 2.05) is 11.4 Å². The number of carbonyl (C=O) groups excluding carboxylic acids is 2. The van der Waals surface area contributed by atoms with E-state index >= 15 is 0 Å². The van der Waals surface area contributed by atoms with Crippen molar-refractivity contribution in [1.29, 1.82) is 0 Å². The Hall–Kier alpha value is -0.720. The van der Waals surface area contributed by atoms with Gasteiger partial charge in [-0.05, 0) is 22.0 Å². The minimum atomic E-state index is -0.363. The Morgan fingerprint density at radius 3 is 2.88 bits per heavy atom. The minimum Gasteiger partial charge on any atom is -0.300 e. The minimum absolute atomic E-state index is 0.116. The molecule has 0 aromatic carbocycles. The van der Waals surface area contributed by atoms with Gasteiger partial charge in [-0.25, -0.2) is 0 Å². The zero-order chi connectivity index (χ0) is 11.7. The Morgan fingerprint density at radius 2 is 2.38 bits per heavy atom. The second-order valence-electron chi connectivity index (χ2n) is 3.66. The largest absolute Gasteiger partial charge is 0.300 e. The van der Waals surface area contributed by atoms with Crippen LogP contribution < -0.4 is 5.32 Å². The second-order valence-corrected chi connectivity index (χ2v) is 5.57. The third-order valence-electron chi connectivity index (χ3n) is 2.53. The molecule has 1 saturated heterocycles. The maximum absolute atomic E-state index is 11.6. The number of halogens is 1. The van der Waals surface area contributed by atoms with E-state index in [1.165, 1.54) is 11.9 Å². The third-order valence-corrected chi connectivity index (χ3v) is 4.22. The molecular formula is C10H11BrN2O2S. The van der Waals surface area contributed by atoms with Crippen molar-refractivity contribution >= 4 is 39.1 Å². The van der Waals surface area contributed by atoms with Crippen LogP contribution in [0, 0.1) is 0 Å². The van der Waals surface area contributed by atoms with Gasteiger partial charge >= 0.3 is 0 Å². The summed E-state index contributed by atoms with van der Waals surface area (Å²) in [6.07, 6.45) is 0.266. The second kappa shape index (κ2) is 4.65. The molecule has 2 heterocycles. The van der Waals surface area contributed by atoms with Crippen molar-refractivity contribution in [1.82, 2.24) is 10.2 Å². The normalized spacial score (nSPS) is 20.9. The number of hydrogen-bond donors (Lipinski definition) is 1. The summed E-state index contributed by atoms with van der Waals surface area (Å²) in [6, 6.07) is 1.64. The molecule has 6 heteroatoms. The lowest BCUT2D eigenvalue weighted by Crippen LogP contribution is -2.36. The van der Waals surface area contributed by atoms with E-state index in [0.29, 0.717) is 6.54 Å². The van der Waals surface area contributed by atoms with Crippen LogP contribution in [0.1, 0.15) is 11.3 Å². The standard InChI is InChI=1S/C10H11BrN2O2S/c1-13-9(14)3-8(10(13)15)12-4-7-2-6(11)5-16-7/h2,5,8,12H,3-4H2,1H3. The predicted molar refractivity (Wildman–Crippen MR) is 65.0 cm³/mol. The van der Waals surface area contributed by atoms with Gasteiger partial charge in [0.1, 0.15) is 0 Å². The van der Waals surface area contributed by atoms with Crippen molar-refractivity contribution < 1.29 is 9.59 Å². The smallest absolute Gasteiger partial charge is 0.246 e. The summed E-state index contributed by atoms with van der Waals surface area (Å²) in [7, 11) is 1.52. The zero-order valence-corrected chi connectivity index (χ0v) is 11.1. The van der Waals surface area contributed by atoms with E-state index in [2.05, 4.69) is 21.2 Å². The number of likely N-dealkylation sites (N-methyl/N-ethyl adjacent to an activating group) is 1. The van der Waals surface area contributed by atoms with Crippen LogP contribution in [0.25, 0.3) is 0 Å². The maximum atomic E-state index is 11.6. The van der Waals surface area contributed by atoms with Gasteiger partial charge in [-0.1, -0.05) is 0 Å². The lowest BCUT2D eigenvalue weighted by Gasteiger charge is -2.09. The van der Waals surface area contributed by atoms with Gasteiger partial charge in [-0.15, -0.1) is 11.3 Å². The number of likely N-dealkylation sites (tertiary alicyclic amines) is 1. The molecule has 1 fully saturated rings. The topological polar surface area (TPSA) is 49.4 Å². The van der Waals surface area contributed by atoms with E-state index < -0.39 is 0 Å². The van der Waals surface area contributed by atoms with Gasteiger partial charge in [0.15, 0.2) is 0 Å². The van der Waals surface area contributed by atoms with Crippen LogP contribution in [-0.4, -0.2) is 29.8 Å². The molecule has 1 N–H and O–H groups in total. The first-order valence-electron chi connectivity index (χ1n) is 4.84. The van der Waals surface area contributed by atoms with E-state index in [9.17, 15) is 9.59 Å². The van der Waals surface area contributed by atoms with Crippen LogP contribution in [0.2, 0.25) is 0 Å². The molecule has 1 aliphatic heterocycles. The molecule has 0 spiro atoms. The fraction of sp³-hybridized carbons (Fsp3) is 0.400. The summed E-state index contributed by atoms with van der Waals surface area (Å²) < 4.78 is 1.04. The SMILES string of the molecule is CN1C(=O)CC(NCc2cc(Br)cs2)C1=O. The van der Waals surface area contributed by atoms with Gasteiger partial charge in [0.05, 0.1) is 12.5 Å². The fourth-order valence-electron chi connectivity index (χ4n) is 1.59. The van der Waals surface area contributed by atoms with Crippen molar-refractivity contribution in [3.8, 4) is 0 Å². The Morgan fingerprint density at radius 1 is 1.62 bits per heavy atom. The Bertz CT molecular complexity index is 432. The van der Waals surface area contributed by atoms with Crippen molar-refractivity contribution in [3.05, 3.63) is 20.8 Å². The fourth-order valence-corrected chi connectivity index (χ4v) is 2.99. The molecule has 1 aromatic heterocycles. The molecule has 86 valence electrons.